The van der Waals surface area contributed by atoms with Crippen molar-refractivity contribution in [1.82, 2.24) is 5.32 Å². The van der Waals surface area contributed by atoms with Gasteiger partial charge in [0.25, 0.3) is 0 Å². The van der Waals surface area contributed by atoms with Crippen molar-refractivity contribution in [2.45, 2.75) is 44.6 Å². The third-order valence-electron chi connectivity index (χ3n) is 4.26. The first-order valence-corrected chi connectivity index (χ1v) is 7.82. The van der Waals surface area contributed by atoms with E-state index in [1.165, 1.54) is 23.8 Å². The Bertz CT molecular complexity index is 612. The first-order chi connectivity index (χ1) is 10.4. The molecule has 1 saturated carbocycles. The second kappa shape index (κ2) is 5.79. The Balaban J connectivity index is 1.54. The van der Waals surface area contributed by atoms with Crippen molar-refractivity contribution in [1.29, 1.82) is 0 Å². The smallest absolute Gasteiger partial charge is 0.135 e. The lowest BCUT2D eigenvalue weighted by atomic mass is 10.1. The van der Waals surface area contributed by atoms with Gasteiger partial charge in [0, 0.05) is 30.1 Å². The number of ether oxygens (including phenoxy) is 2. The summed E-state index contributed by atoms with van der Waals surface area (Å²) in [7, 11) is 0. The Labute approximate surface area is 124 Å². The van der Waals surface area contributed by atoms with Gasteiger partial charge in [-0.1, -0.05) is 18.2 Å². The van der Waals surface area contributed by atoms with Gasteiger partial charge in [0.2, 0.25) is 0 Å². The van der Waals surface area contributed by atoms with Gasteiger partial charge in [0.05, 0.1) is 12.7 Å². The van der Waals surface area contributed by atoms with Crippen molar-refractivity contribution in [3.8, 4) is 0 Å². The van der Waals surface area contributed by atoms with E-state index in [1.54, 1.807) is 0 Å². The monoisotopic (exact) mass is 287 g/mol. The zero-order valence-corrected chi connectivity index (χ0v) is 12.1. The van der Waals surface area contributed by atoms with Crippen molar-refractivity contribution in [2.75, 3.05) is 13.2 Å². The summed E-state index contributed by atoms with van der Waals surface area (Å²) in [5.41, 5.74) is 2.20. The number of hydrogen-bond acceptors (Lipinski definition) is 4. The summed E-state index contributed by atoms with van der Waals surface area (Å²) in [4.78, 5) is 0. The van der Waals surface area contributed by atoms with E-state index in [9.17, 15) is 0 Å². The lowest BCUT2D eigenvalue weighted by Gasteiger charge is -2.10. The molecule has 4 nitrogen and oxygen atoms in total. The standard InChI is InChI=1S/C17H21NO3/c1-2-4-16-14(3-1)15(9-18-12-5-6-12)17(21-16)11-20-13-7-8-19-10-13/h1-4,12-13,18H,5-11H2. The van der Waals surface area contributed by atoms with Gasteiger partial charge in [0.15, 0.2) is 0 Å². The van der Waals surface area contributed by atoms with E-state index in [0.717, 1.165) is 30.9 Å². The molecule has 1 aromatic carbocycles. The fourth-order valence-electron chi connectivity index (χ4n) is 2.83. The third kappa shape index (κ3) is 2.98. The summed E-state index contributed by atoms with van der Waals surface area (Å²) in [6, 6.07) is 8.92. The van der Waals surface area contributed by atoms with Crippen LogP contribution in [0.1, 0.15) is 30.6 Å². The summed E-state index contributed by atoms with van der Waals surface area (Å²) in [5.74, 6) is 0.955. The highest BCUT2D eigenvalue weighted by Crippen LogP contribution is 2.28. The quantitative estimate of drug-likeness (QED) is 0.887. The van der Waals surface area contributed by atoms with Crippen LogP contribution < -0.4 is 5.32 Å². The number of rotatable bonds is 6. The van der Waals surface area contributed by atoms with Crippen LogP contribution in [-0.2, 0) is 22.6 Å². The molecule has 1 aliphatic heterocycles. The molecule has 0 spiro atoms. The molecule has 21 heavy (non-hydrogen) atoms. The van der Waals surface area contributed by atoms with Crippen molar-refractivity contribution >= 4 is 11.0 Å². The van der Waals surface area contributed by atoms with E-state index in [1.807, 2.05) is 12.1 Å². The third-order valence-corrected chi connectivity index (χ3v) is 4.26. The first-order valence-electron chi connectivity index (χ1n) is 7.82. The first kappa shape index (κ1) is 13.3. The SMILES string of the molecule is c1ccc2c(CNC3CC3)c(COC3CCOC3)oc2c1. The van der Waals surface area contributed by atoms with Crippen LogP contribution in [0.3, 0.4) is 0 Å². The Morgan fingerprint density at radius 3 is 2.90 bits per heavy atom. The van der Waals surface area contributed by atoms with Crippen LogP contribution >= 0.6 is 0 Å². The maximum absolute atomic E-state index is 6.01. The molecule has 2 fully saturated rings. The highest BCUT2D eigenvalue weighted by atomic mass is 16.5. The molecule has 0 bridgehead atoms. The Kier molecular flexibility index (Phi) is 3.67. The molecule has 0 amide bonds. The Morgan fingerprint density at radius 1 is 1.19 bits per heavy atom. The number of benzene rings is 1. The topological polar surface area (TPSA) is 43.6 Å². The molecule has 2 aromatic rings. The minimum atomic E-state index is 0.211. The van der Waals surface area contributed by atoms with E-state index in [4.69, 9.17) is 13.9 Å². The molecule has 4 rings (SSSR count). The second-order valence-electron chi connectivity index (χ2n) is 5.95. The van der Waals surface area contributed by atoms with E-state index in [-0.39, 0.29) is 6.10 Å². The van der Waals surface area contributed by atoms with Crippen molar-refractivity contribution in [2.24, 2.45) is 0 Å². The summed E-state index contributed by atoms with van der Waals surface area (Å²) in [6.45, 7) is 2.91. The van der Waals surface area contributed by atoms with Gasteiger partial charge in [-0.3, -0.25) is 0 Å². The number of para-hydroxylation sites is 1. The molecule has 1 unspecified atom stereocenters. The molecule has 1 aromatic heterocycles. The van der Waals surface area contributed by atoms with Crippen LogP contribution in [-0.4, -0.2) is 25.4 Å². The van der Waals surface area contributed by atoms with Gasteiger partial charge in [-0.25, -0.2) is 0 Å². The van der Waals surface area contributed by atoms with Crippen LogP contribution in [0.4, 0.5) is 0 Å². The average Bonchev–Trinajstić information content (AvgIpc) is 3.07. The lowest BCUT2D eigenvalue weighted by molar-refractivity contribution is 0.0236. The molecule has 1 atom stereocenters. The molecular weight excluding hydrogens is 266 g/mol. The molecule has 0 radical (unpaired) electrons. The second-order valence-corrected chi connectivity index (χ2v) is 5.95. The average molecular weight is 287 g/mol. The van der Waals surface area contributed by atoms with Gasteiger partial charge in [0.1, 0.15) is 18.0 Å². The van der Waals surface area contributed by atoms with Crippen LogP contribution in [0.5, 0.6) is 0 Å². The Morgan fingerprint density at radius 2 is 2.10 bits per heavy atom. The van der Waals surface area contributed by atoms with E-state index < -0.39 is 0 Å². The molecule has 1 N–H and O–H groups in total. The lowest BCUT2D eigenvalue weighted by Crippen LogP contribution is -2.17. The molecule has 1 saturated heterocycles. The number of fused-ring (bicyclic) bond motifs is 1. The summed E-state index contributed by atoms with van der Waals surface area (Å²) in [6.07, 6.45) is 3.78. The predicted molar refractivity (Wildman–Crippen MR) is 80.1 cm³/mol. The molecule has 2 aliphatic rings. The fourth-order valence-corrected chi connectivity index (χ4v) is 2.83. The largest absolute Gasteiger partial charge is 0.458 e. The van der Waals surface area contributed by atoms with Crippen molar-refractivity contribution in [3.05, 3.63) is 35.6 Å². The molecule has 1 aliphatic carbocycles. The van der Waals surface area contributed by atoms with Crippen LogP contribution in [0.15, 0.2) is 28.7 Å². The van der Waals surface area contributed by atoms with Gasteiger partial charge in [-0.05, 0) is 25.3 Å². The van der Waals surface area contributed by atoms with Gasteiger partial charge in [-0.15, -0.1) is 0 Å². The highest BCUT2D eigenvalue weighted by molar-refractivity contribution is 5.82. The van der Waals surface area contributed by atoms with Crippen molar-refractivity contribution in [3.63, 3.8) is 0 Å². The van der Waals surface area contributed by atoms with E-state index >= 15 is 0 Å². The van der Waals surface area contributed by atoms with Crippen LogP contribution in [0.25, 0.3) is 11.0 Å². The predicted octanol–water partition coefficient (Wildman–Crippen LogP) is 2.99. The van der Waals surface area contributed by atoms with E-state index in [0.29, 0.717) is 19.3 Å². The summed E-state index contributed by atoms with van der Waals surface area (Å²) in [5, 5.41) is 4.78. The molecule has 4 heteroatoms. The zero-order valence-electron chi connectivity index (χ0n) is 12.1. The fraction of sp³-hybridized carbons (Fsp3) is 0.529. The summed E-state index contributed by atoms with van der Waals surface area (Å²) < 4.78 is 17.3. The minimum absolute atomic E-state index is 0.211. The molecule has 2 heterocycles. The van der Waals surface area contributed by atoms with E-state index in [2.05, 4.69) is 17.4 Å². The molecule has 112 valence electrons. The number of hydrogen-bond donors (Lipinski definition) is 1. The van der Waals surface area contributed by atoms with Crippen LogP contribution in [0.2, 0.25) is 0 Å². The maximum Gasteiger partial charge on any atom is 0.135 e. The zero-order chi connectivity index (χ0) is 14.1. The van der Waals surface area contributed by atoms with Gasteiger partial charge >= 0.3 is 0 Å². The normalized spacial score (nSPS) is 22.2. The maximum atomic E-state index is 6.01. The minimum Gasteiger partial charge on any atom is -0.458 e. The van der Waals surface area contributed by atoms with Gasteiger partial charge in [-0.2, -0.15) is 0 Å². The highest BCUT2D eigenvalue weighted by Gasteiger charge is 2.23. The van der Waals surface area contributed by atoms with Crippen LogP contribution in [0, 0.1) is 0 Å². The number of nitrogens with one attached hydrogen (secondary N) is 1. The summed E-state index contributed by atoms with van der Waals surface area (Å²) >= 11 is 0. The Hall–Kier alpha value is -1.36. The number of furan rings is 1. The van der Waals surface area contributed by atoms with Gasteiger partial charge < -0.3 is 19.2 Å². The van der Waals surface area contributed by atoms with Crippen molar-refractivity contribution < 1.29 is 13.9 Å². The molecular formula is C17H21NO3.